The lowest BCUT2D eigenvalue weighted by Gasteiger charge is -2.37. The molecule has 2 nitrogen and oxygen atoms in total. The van der Waals surface area contributed by atoms with Crippen LogP contribution in [0.5, 0.6) is 0 Å². The molecule has 2 fully saturated rings. The van der Waals surface area contributed by atoms with Crippen LogP contribution in [0.25, 0.3) is 0 Å². The molecule has 2 heteroatoms. The van der Waals surface area contributed by atoms with Crippen LogP contribution in [-0.2, 0) is 4.74 Å². The molecule has 1 aliphatic carbocycles. The van der Waals surface area contributed by atoms with Gasteiger partial charge in [0, 0.05) is 18.5 Å². The quantitative estimate of drug-likeness (QED) is 0.779. The predicted octanol–water partition coefficient (Wildman–Crippen LogP) is 3.12. The molecule has 0 aromatic rings. The average Bonchev–Trinajstić information content (AvgIpc) is 2.52. The molecule has 2 rings (SSSR count). The van der Waals surface area contributed by atoms with E-state index in [9.17, 15) is 0 Å². The van der Waals surface area contributed by atoms with E-state index in [-0.39, 0.29) is 5.60 Å². The van der Waals surface area contributed by atoms with Gasteiger partial charge in [-0.2, -0.15) is 0 Å². The Balaban J connectivity index is 2.01. The minimum atomic E-state index is 0.112. The fourth-order valence-electron chi connectivity index (χ4n) is 3.29. The predicted molar refractivity (Wildman–Crippen MR) is 67.7 cm³/mol. The summed E-state index contributed by atoms with van der Waals surface area (Å²) in [6.45, 7) is 7.71. The Morgan fingerprint density at radius 3 is 2.31 bits per heavy atom. The maximum atomic E-state index is 6.32. The summed E-state index contributed by atoms with van der Waals surface area (Å²) in [5.41, 5.74) is 0.575. The molecule has 2 aliphatic rings. The Morgan fingerprint density at radius 1 is 1.00 bits per heavy atom. The summed E-state index contributed by atoms with van der Waals surface area (Å²) in [6, 6.07) is 0. The molecule has 0 atom stereocenters. The third kappa shape index (κ3) is 2.43. The summed E-state index contributed by atoms with van der Waals surface area (Å²) in [4.78, 5) is 0. The Hall–Kier alpha value is -0.0800. The first-order chi connectivity index (χ1) is 7.74. The van der Waals surface area contributed by atoms with Crippen LogP contribution in [-0.4, -0.2) is 25.3 Å². The first-order valence-electron chi connectivity index (χ1n) is 7.09. The number of hydrogen-bond donors (Lipinski definition) is 1. The van der Waals surface area contributed by atoms with Gasteiger partial charge in [-0.3, -0.25) is 0 Å². The molecule has 16 heavy (non-hydrogen) atoms. The van der Waals surface area contributed by atoms with Crippen LogP contribution in [0.15, 0.2) is 0 Å². The SMILES string of the molecule is CCC1(CC)CNCC2(CCCCC2)CO1. The maximum Gasteiger partial charge on any atom is 0.0801 e. The van der Waals surface area contributed by atoms with Gasteiger partial charge in [-0.1, -0.05) is 33.1 Å². The van der Waals surface area contributed by atoms with Crippen molar-refractivity contribution in [3.8, 4) is 0 Å². The van der Waals surface area contributed by atoms with E-state index < -0.39 is 0 Å². The van der Waals surface area contributed by atoms with Crippen molar-refractivity contribution in [1.82, 2.24) is 5.32 Å². The van der Waals surface area contributed by atoms with Gasteiger partial charge in [-0.05, 0) is 25.7 Å². The summed E-state index contributed by atoms with van der Waals surface area (Å²) < 4.78 is 6.32. The zero-order chi connectivity index (χ0) is 11.5. The van der Waals surface area contributed by atoms with Gasteiger partial charge in [0.05, 0.1) is 12.2 Å². The second-order valence-corrected chi connectivity index (χ2v) is 5.84. The number of ether oxygens (including phenoxy) is 1. The highest BCUT2D eigenvalue weighted by molar-refractivity contribution is 4.92. The highest BCUT2D eigenvalue weighted by atomic mass is 16.5. The molecule has 1 heterocycles. The Morgan fingerprint density at radius 2 is 1.69 bits per heavy atom. The fourth-order valence-corrected chi connectivity index (χ4v) is 3.29. The number of rotatable bonds is 2. The van der Waals surface area contributed by atoms with E-state index in [0.717, 1.165) is 26.0 Å². The second kappa shape index (κ2) is 5.05. The standard InChI is InChI=1S/C14H27NO/c1-3-14(4-2)11-15-10-13(12-16-14)8-6-5-7-9-13/h15H,3-12H2,1-2H3. The smallest absolute Gasteiger partial charge is 0.0801 e. The zero-order valence-corrected chi connectivity index (χ0v) is 11.0. The monoisotopic (exact) mass is 225 g/mol. The van der Waals surface area contributed by atoms with E-state index in [2.05, 4.69) is 19.2 Å². The van der Waals surface area contributed by atoms with Crippen LogP contribution in [0.4, 0.5) is 0 Å². The molecule has 1 saturated carbocycles. The largest absolute Gasteiger partial charge is 0.373 e. The van der Waals surface area contributed by atoms with Gasteiger partial charge in [-0.15, -0.1) is 0 Å². The molecule has 0 aromatic carbocycles. The van der Waals surface area contributed by atoms with E-state index in [1.807, 2.05) is 0 Å². The van der Waals surface area contributed by atoms with Crippen LogP contribution in [0.3, 0.4) is 0 Å². The lowest BCUT2D eigenvalue weighted by Crippen LogP contribution is -2.40. The summed E-state index contributed by atoms with van der Waals surface area (Å²) in [5.74, 6) is 0. The van der Waals surface area contributed by atoms with Crippen LogP contribution in [0.2, 0.25) is 0 Å². The van der Waals surface area contributed by atoms with Gasteiger partial charge < -0.3 is 10.1 Å². The topological polar surface area (TPSA) is 21.3 Å². The molecular formula is C14H27NO. The van der Waals surface area contributed by atoms with E-state index in [0.29, 0.717) is 5.41 Å². The highest BCUT2D eigenvalue weighted by Crippen LogP contribution is 2.39. The van der Waals surface area contributed by atoms with Crippen molar-refractivity contribution >= 4 is 0 Å². The first kappa shape index (κ1) is 12.4. The van der Waals surface area contributed by atoms with Gasteiger partial charge >= 0.3 is 0 Å². The van der Waals surface area contributed by atoms with Gasteiger partial charge in [0.25, 0.3) is 0 Å². The van der Waals surface area contributed by atoms with Crippen LogP contribution in [0.1, 0.15) is 58.8 Å². The summed E-state index contributed by atoms with van der Waals surface area (Å²) in [6.07, 6.45) is 9.22. The minimum Gasteiger partial charge on any atom is -0.373 e. The molecule has 0 aromatic heterocycles. The molecule has 94 valence electrons. The van der Waals surface area contributed by atoms with Gasteiger partial charge in [0.2, 0.25) is 0 Å². The van der Waals surface area contributed by atoms with E-state index in [4.69, 9.17) is 4.74 Å². The third-order valence-electron chi connectivity index (χ3n) is 4.83. The van der Waals surface area contributed by atoms with Gasteiger partial charge in [-0.25, -0.2) is 0 Å². The van der Waals surface area contributed by atoms with Crippen LogP contribution in [0, 0.1) is 5.41 Å². The molecule has 0 bridgehead atoms. The molecule has 0 unspecified atom stereocenters. The van der Waals surface area contributed by atoms with E-state index >= 15 is 0 Å². The van der Waals surface area contributed by atoms with E-state index in [1.54, 1.807) is 0 Å². The first-order valence-corrected chi connectivity index (χ1v) is 7.09. The Kier molecular flexibility index (Phi) is 3.91. The summed E-state index contributed by atoms with van der Waals surface area (Å²) in [7, 11) is 0. The Labute approximate surface area is 100 Å². The molecular weight excluding hydrogens is 198 g/mol. The Bertz CT molecular complexity index is 217. The van der Waals surface area contributed by atoms with Gasteiger partial charge in [0.1, 0.15) is 0 Å². The van der Waals surface area contributed by atoms with Crippen molar-refractivity contribution in [3.63, 3.8) is 0 Å². The molecule has 1 aliphatic heterocycles. The lowest BCUT2D eigenvalue weighted by molar-refractivity contribution is -0.0746. The third-order valence-corrected chi connectivity index (χ3v) is 4.83. The fraction of sp³-hybridized carbons (Fsp3) is 1.00. The van der Waals surface area contributed by atoms with Crippen LogP contribution < -0.4 is 5.32 Å². The number of nitrogens with one attached hydrogen (secondary N) is 1. The second-order valence-electron chi connectivity index (χ2n) is 5.84. The molecule has 0 radical (unpaired) electrons. The van der Waals surface area contributed by atoms with Crippen molar-refractivity contribution in [2.24, 2.45) is 5.41 Å². The van der Waals surface area contributed by atoms with Crippen molar-refractivity contribution in [2.45, 2.75) is 64.4 Å². The molecule has 1 saturated heterocycles. The molecule has 0 amide bonds. The molecule has 1 spiro atoms. The van der Waals surface area contributed by atoms with Crippen molar-refractivity contribution in [3.05, 3.63) is 0 Å². The summed E-state index contributed by atoms with van der Waals surface area (Å²) in [5, 5.41) is 3.68. The highest BCUT2D eigenvalue weighted by Gasteiger charge is 2.39. The average molecular weight is 225 g/mol. The lowest BCUT2D eigenvalue weighted by atomic mass is 9.74. The summed E-state index contributed by atoms with van der Waals surface area (Å²) >= 11 is 0. The van der Waals surface area contributed by atoms with Crippen LogP contribution >= 0.6 is 0 Å². The minimum absolute atomic E-state index is 0.112. The zero-order valence-electron chi connectivity index (χ0n) is 11.0. The molecule has 1 N–H and O–H groups in total. The van der Waals surface area contributed by atoms with E-state index in [1.165, 1.54) is 38.6 Å². The maximum absolute atomic E-state index is 6.32. The van der Waals surface area contributed by atoms with Gasteiger partial charge in [0.15, 0.2) is 0 Å². The van der Waals surface area contributed by atoms with Crippen molar-refractivity contribution in [1.29, 1.82) is 0 Å². The normalized spacial score (nSPS) is 28.9. The van der Waals surface area contributed by atoms with Crippen molar-refractivity contribution in [2.75, 3.05) is 19.7 Å². The number of hydrogen-bond acceptors (Lipinski definition) is 2. The van der Waals surface area contributed by atoms with Crippen molar-refractivity contribution < 1.29 is 4.74 Å².